The first-order chi connectivity index (χ1) is 46.1. The smallest absolute Gasteiger partial charge is 0.159 e. The van der Waals surface area contributed by atoms with E-state index < -0.39 is 5.41 Å². The van der Waals surface area contributed by atoms with E-state index in [1.165, 1.54) is 54.9 Å². The molecule has 434 valence electrons. The molecule has 16 aromatic carbocycles. The molecule has 18 aromatic rings. The Morgan fingerprint density at radius 3 is 1.00 bits per heavy atom. The van der Waals surface area contributed by atoms with E-state index in [0.29, 0.717) is 0 Å². The molecule has 19 rings (SSSR count). The van der Waals surface area contributed by atoms with Crippen LogP contribution in [0, 0.1) is 0 Å². The van der Waals surface area contributed by atoms with Crippen LogP contribution in [0.2, 0.25) is 0 Å². The predicted octanol–water partition coefficient (Wildman–Crippen LogP) is 24.7. The molecule has 2 aromatic heterocycles. The lowest BCUT2D eigenvalue weighted by atomic mass is 9.67. The average Bonchev–Trinajstić information content (AvgIpc) is 1.55. The second-order valence-corrected chi connectivity index (χ2v) is 24.6. The van der Waals surface area contributed by atoms with E-state index in [0.717, 1.165) is 122 Å². The van der Waals surface area contributed by atoms with Crippen molar-refractivity contribution in [3.63, 3.8) is 0 Å². The van der Waals surface area contributed by atoms with E-state index in [1.807, 2.05) is 0 Å². The van der Waals surface area contributed by atoms with Crippen LogP contribution in [0.25, 0.3) is 120 Å². The third kappa shape index (κ3) is 8.12. The van der Waals surface area contributed by atoms with E-state index in [4.69, 9.17) is 8.83 Å². The highest BCUT2D eigenvalue weighted by atomic mass is 16.3. The Labute approximate surface area is 537 Å². The number of anilines is 6. The first-order valence-electron chi connectivity index (χ1n) is 32.0. The van der Waals surface area contributed by atoms with E-state index >= 15 is 0 Å². The number of hydrogen-bond acceptors (Lipinski definition) is 4. The van der Waals surface area contributed by atoms with Crippen molar-refractivity contribution in [1.82, 2.24) is 0 Å². The van der Waals surface area contributed by atoms with E-state index in [9.17, 15) is 0 Å². The van der Waals surface area contributed by atoms with Crippen molar-refractivity contribution in [2.45, 2.75) is 5.41 Å². The first-order valence-corrected chi connectivity index (χ1v) is 32.0. The van der Waals surface area contributed by atoms with Gasteiger partial charge in [-0.1, -0.05) is 243 Å². The van der Waals surface area contributed by atoms with Crippen molar-refractivity contribution in [2.75, 3.05) is 9.80 Å². The fourth-order valence-corrected chi connectivity index (χ4v) is 15.5. The lowest BCUT2D eigenvalue weighted by Gasteiger charge is -2.34. The third-order valence-electron chi connectivity index (χ3n) is 19.6. The maximum absolute atomic E-state index is 7.32. The van der Waals surface area contributed by atoms with Crippen molar-refractivity contribution in [3.8, 4) is 33.4 Å². The van der Waals surface area contributed by atoms with Gasteiger partial charge in [0, 0.05) is 55.4 Å². The molecule has 0 fully saturated rings. The summed E-state index contributed by atoms with van der Waals surface area (Å²) < 4.78 is 14.6. The molecule has 0 saturated carbocycles. The number of rotatable bonds is 10. The molecule has 2 heterocycles. The number of fused-ring (bicyclic) bond motifs is 15. The first kappa shape index (κ1) is 52.7. The Morgan fingerprint density at radius 2 is 0.581 bits per heavy atom. The summed E-state index contributed by atoms with van der Waals surface area (Å²) >= 11 is 0. The maximum atomic E-state index is 7.32. The van der Waals surface area contributed by atoms with Crippen LogP contribution in [0.5, 0.6) is 0 Å². The van der Waals surface area contributed by atoms with Crippen LogP contribution in [0.1, 0.15) is 22.3 Å². The van der Waals surface area contributed by atoms with Crippen LogP contribution in [-0.2, 0) is 5.41 Å². The second-order valence-electron chi connectivity index (χ2n) is 24.6. The van der Waals surface area contributed by atoms with Gasteiger partial charge in [-0.3, -0.25) is 0 Å². The number of benzene rings is 16. The van der Waals surface area contributed by atoms with Gasteiger partial charge in [0.25, 0.3) is 0 Å². The monoisotopic (exact) mass is 1180 g/mol. The third-order valence-corrected chi connectivity index (χ3v) is 19.6. The molecule has 0 atom stereocenters. The minimum absolute atomic E-state index is 0.696. The lowest BCUT2D eigenvalue weighted by molar-refractivity contribution is 0.670. The van der Waals surface area contributed by atoms with Crippen molar-refractivity contribution in [2.24, 2.45) is 0 Å². The van der Waals surface area contributed by atoms with Crippen LogP contribution < -0.4 is 9.80 Å². The topological polar surface area (TPSA) is 32.8 Å². The fourth-order valence-electron chi connectivity index (χ4n) is 15.5. The zero-order valence-electron chi connectivity index (χ0n) is 50.5. The Morgan fingerprint density at radius 1 is 0.226 bits per heavy atom. The van der Waals surface area contributed by atoms with Gasteiger partial charge in [-0.25, -0.2) is 0 Å². The van der Waals surface area contributed by atoms with Crippen LogP contribution in [0.4, 0.5) is 34.1 Å². The molecular weight excluding hydrogens is 1130 g/mol. The van der Waals surface area contributed by atoms with Gasteiger partial charge in [0.15, 0.2) is 11.2 Å². The maximum Gasteiger partial charge on any atom is 0.159 e. The average molecular weight is 1190 g/mol. The molecule has 4 nitrogen and oxygen atoms in total. The normalized spacial score (nSPS) is 12.6. The van der Waals surface area contributed by atoms with Gasteiger partial charge in [-0.05, 0) is 185 Å². The molecule has 4 heteroatoms. The minimum atomic E-state index is -0.696. The molecule has 0 amide bonds. The number of hydrogen-bond donors (Lipinski definition) is 0. The van der Waals surface area contributed by atoms with Crippen LogP contribution in [-0.4, -0.2) is 0 Å². The highest BCUT2D eigenvalue weighted by Gasteiger charge is 2.46. The van der Waals surface area contributed by atoms with Crippen LogP contribution in [0.3, 0.4) is 0 Å². The molecule has 1 aliphatic carbocycles. The van der Waals surface area contributed by atoms with Gasteiger partial charge in [0.05, 0.1) is 16.8 Å². The molecule has 0 bridgehead atoms. The largest absolute Gasteiger partial charge is 0.453 e. The molecule has 0 radical (unpaired) electrons. The Balaban J connectivity index is 0.807. The minimum Gasteiger partial charge on any atom is -0.453 e. The SMILES string of the molecule is c1ccc(-c2cc3ccccc3c3c2oc2c(N(c4ccccc4)c4ccc5cc6c(cc5c4)C(c4ccccc4)(c4ccccc4)c4cc5cc(N(c7ccccc7)c7cccc8c7oc7c(-c9ccccc9)cc9ccccc9c78)ccc5cc4-6)cccc23)cc1. The molecule has 0 spiro atoms. The summed E-state index contributed by atoms with van der Waals surface area (Å²) in [6.07, 6.45) is 0. The van der Waals surface area contributed by atoms with Crippen molar-refractivity contribution < 1.29 is 8.83 Å². The Bertz CT molecular complexity index is 5610. The van der Waals surface area contributed by atoms with Gasteiger partial charge in [-0.2, -0.15) is 0 Å². The highest BCUT2D eigenvalue weighted by Crippen LogP contribution is 2.59. The van der Waals surface area contributed by atoms with Gasteiger partial charge in [0.2, 0.25) is 0 Å². The summed E-state index contributed by atoms with van der Waals surface area (Å²) in [5.41, 5.74) is 20.5. The molecule has 0 saturated heterocycles. The summed E-state index contributed by atoms with van der Waals surface area (Å²) in [6.45, 7) is 0. The summed E-state index contributed by atoms with van der Waals surface area (Å²) in [6, 6.07) is 124. The number of furan rings is 2. The molecule has 0 N–H and O–H groups in total. The summed E-state index contributed by atoms with van der Waals surface area (Å²) in [5, 5.41) is 13.7. The Hall–Kier alpha value is -12.2. The molecule has 0 unspecified atom stereocenters. The van der Waals surface area contributed by atoms with E-state index in [1.54, 1.807) is 0 Å². The lowest BCUT2D eigenvalue weighted by Crippen LogP contribution is -2.28. The summed E-state index contributed by atoms with van der Waals surface area (Å²) in [5.74, 6) is 0. The predicted molar refractivity (Wildman–Crippen MR) is 389 cm³/mol. The molecule has 0 aliphatic heterocycles. The zero-order valence-corrected chi connectivity index (χ0v) is 50.5. The van der Waals surface area contributed by atoms with Crippen molar-refractivity contribution in [3.05, 3.63) is 362 Å². The fraction of sp³-hybridized carbons (Fsp3) is 0.0112. The van der Waals surface area contributed by atoms with Crippen molar-refractivity contribution in [1.29, 1.82) is 0 Å². The zero-order chi connectivity index (χ0) is 61.1. The van der Waals surface area contributed by atoms with E-state index in [-0.39, 0.29) is 0 Å². The van der Waals surface area contributed by atoms with Gasteiger partial charge in [0.1, 0.15) is 11.2 Å². The van der Waals surface area contributed by atoms with Gasteiger partial charge < -0.3 is 18.6 Å². The Kier molecular flexibility index (Phi) is 11.9. The van der Waals surface area contributed by atoms with Crippen molar-refractivity contribution >= 4 is 121 Å². The summed E-state index contributed by atoms with van der Waals surface area (Å²) in [4.78, 5) is 4.75. The van der Waals surface area contributed by atoms with Gasteiger partial charge >= 0.3 is 0 Å². The molecule has 93 heavy (non-hydrogen) atoms. The molecule has 1 aliphatic rings. The van der Waals surface area contributed by atoms with Gasteiger partial charge in [-0.15, -0.1) is 0 Å². The standard InChI is InChI=1S/C89H56N2O2/c1-7-25-57(26-8-1)75-53-61-29-19-21-39-71(61)83-73-41-23-43-81(85(73)92-87(75)83)90(67-35-15-5-16-36-67)69-47-45-59-51-77-78-52-60-46-48-70(50-64(60)56-80(78)89(65-31-11-3-12-32-65,66-33-13-4-14-34-66)79(77)55-63(59)49-69)91(68-37-17-6-18-38-68)82-44-24-42-74-84-72-40-22-20-30-62(72)54-76(88(84)93-86(74)82)58-27-9-2-10-28-58/h1-56H. The summed E-state index contributed by atoms with van der Waals surface area (Å²) in [7, 11) is 0. The highest BCUT2D eigenvalue weighted by molar-refractivity contribution is 6.26. The van der Waals surface area contributed by atoms with Crippen LogP contribution >= 0.6 is 0 Å². The molecular formula is C89H56N2O2. The van der Waals surface area contributed by atoms with Crippen LogP contribution in [0.15, 0.2) is 349 Å². The second kappa shape index (κ2) is 20.9. The number of nitrogens with zero attached hydrogens (tertiary/aromatic N) is 2. The number of para-hydroxylation sites is 4. The van der Waals surface area contributed by atoms with E-state index in [2.05, 4.69) is 350 Å². The quantitative estimate of drug-likeness (QED) is 0.137.